The Hall–Kier alpha value is -3.26. The molecule has 8 heteroatoms. The maximum atomic E-state index is 11.3. The van der Waals surface area contributed by atoms with Crippen LogP contribution in [0.3, 0.4) is 0 Å². The lowest BCUT2D eigenvalue weighted by atomic mass is 10.2. The summed E-state index contributed by atoms with van der Waals surface area (Å²) in [7, 11) is 0. The Kier molecular flexibility index (Phi) is 4.71. The molecule has 1 aliphatic heterocycles. The van der Waals surface area contributed by atoms with Crippen molar-refractivity contribution >= 4 is 35.0 Å². The number of nitrogens with zero attached hydrogens (tertiary/aromatic N) is 2. The van der Waals surface area contributed by atoms with E-state index in [1.807, 2.05) is 11.0 Å². The maximum Gasteiger partial charge on any atom is 0.238 e. The van der Waals surface area contributed by atoms with E-state index in [9.17, 15) is 15.0 Å². The van der Waals surface area contributed by atoms with Gasteiger partial charge in [0.1, 0.15) is 11.5 Å². The summed E-state index contributed by atoms with van der Waals surface area (Å²) in [5, 5.41) is 25.8. The molecule has 1 aliphatic rings. The number of anilines is 4. The van der Waals surface area contributed by atoms with Crippen molar-refractivity contribution in [2.45, 2.75) is 0 Å². The van der Waals surface area contributed by atoms with Crippen molar-refractivity contribution in [1.82, 2.24) is 0 Å². The van der Waals surface area contributed by atoms with Gasteiger partial charge in [0, 0.05) is 30.1 Å². The van der Waals surface area contributed by atoms with Gasteiger partial charge in [-0.05, 0) is 24.3 Å². The van der Waals surface area contributed by atoms with Crippen molar-refractivity contribution in [1.29, 1.82) is 0 Å². The molecule has 0 unspecified atom stereocenters. The molecule has 8 nitrogen and oxygen atoms in total. The van der Waals surface area contributed by atoms with Crippen molar-refractivity contribution < 1.29 is 15.0 Å². The highest BCUT2D eigenvalue weighted by Crippen LogP contribution is 2.35. The first kappa shape index (κ1) is 16.6. The largest absolute Gasteiger partial charge is 0.506 e. The van der Waals surface area contributed by atoms with Crippen LogP contribution in [0.25, 0.3) is 0 Å². The number of hydrogen-bond donors (Lipinski definition) is 5. The van der Waals surface area contributed by atoms with Crippen molar-refractivity contribution in [2.75, 3.05) is 35.2 Å². The summed E-state index contributed by atoms with van der Waals surface area (Å²) in [5.74, 6) is -0.360. The predicted octanol–water partition coefficient (Wildman–Crippen LogP) is 1.59. The third-order valence-corrected chi connectivity index (χ3v) is 3.74. The number of phenolic OH excluding ortho intramolecular Hbond substituents is 2. The normalized spacial score (nSPS) is 13.1. The molecule has 0 fully saturated rings. The van der Waals surface area contributed by atoms with E-state index < -0.39 is 0 Å². The standard InChI is InChI=1S/C17H19N5O3/c18-9-17(25)20-11-1-3-13(15(23)7-11)21-14-4-2-12(8-16(14)24)22-6-5-19-10-22/h1-4,7-8,10,21,23-24H,5-6,9,18H2,(H,20,25). The van der Waals surface area contributed by atoms with Gasteiger partial charge in [-0.25, -0.2) is 0 Å². The van der Waals surface area contributed by atoms with Gasteiger partial charge >= 0.3 is 0 Å². The summed E-state index contributed by atoms with van der Waals surface area (Å²) in [5.41, 5.74) is 7.37. The van der Waals surface area contributed by atoms with Gasteiger partial charge in [-0.2, -0.15) is 0 Å². The molecule has 1 heterocycles. The third kappa shape index (κ3) is 3.81. The first-order valence-corrected chi connectivity index (χ1v) is 7.76. The second-order valence-corrected chi connectivity index (χ2v) is 5.53. The van der Waals surface area contributed by atoms with Crippen LogP contribution in [0.1, 0.15) is 0 Å². The zero-order chi connectivity index (χ0) is 17.8. The van der Waals surface area contributed by atoms with Crippen LogP contribution in [-0.4, -0.2) is 42.1 Å². The molecule has 0 saturated carbocycles. The fraction of sp³-hybridized carbons (Fsp3) is 0.176. The number of rotatable bonds is 5. The number of benzene rings is 2. The maximum absolute atomic E-state index is 11.3. The van der Waals surface area contributed by atoms with Crippen LogP contribution in [0.15, 0.2) is 41.4 Å². The summed E-state index contributed by atoms with van der Waals surface area (Å²) < 4.78 is 0. The number of phenols is 2. The molecule has 0 aromatic heterocycles. The molecular weight excluding hydrogens is 322 g/mol. The first-order chi connectivity index (χ1) is 12.1. The average Bonchev–Trinajstić information content (AvgIpc) is 3.13. The zero-order valence-corrected chi connectivity index (χ0v) is 13.4. The molecule has 0 bridgehead atoms. The summed E-state index contributed by atoms with van der Waals surface area (Å²) >= 11 is 0. The van der Waals surface area contributed by atoms with Gasteiger partial charge in [-0.15, -0.1) is 0 Å². The van der Waals surface area contributed by atoms with Gasteiger partial charge in [0.2, 0.25) is 5.91 Å². The molecule has 1 amide bonds. The summed E-state index contributed by atoms with van der Waals surface area (Å²) in [6, 6.07) is 9.84. The molecule has 0 radical (unpaired) electrons. The molecule has 130 valence electrons. The highest BCUT2D eigenvalue weighted by molar-refractivity contribution is 5.92. The van der Waals surface area contributed by atoms with Crippen LogP contribution in [0.2, 0.25) is 0 Å². The third-order valence-electron chi connectivity index (χ3n) is 3.74. The van der Waals surface area contributed by atoms with E-state index in [0.717, 1.165) is 18.8 Å². The van der Waals surface area contributed by atoms with E-state index in [4.69, 9.17) is 5.73 Å². The SMILES string of the molecule is NCC(=O)Nc1ccc(Nc2ccc(N3C=NCC3)cc2O)c(O)c1. The second kappa shape index (κ2) is 7.10. The first-order valence-electron chi connectivity index (χ1n) is 7.76. The molecular formula is C17H19N5O3. The fourth-order valence-corrected chi connectivity index (χ4v) is 2.45. The summed E-state index contributed by atoms with van der Waals surface area (Å²) in [4.78, 5) is 17.4. The lowest BCUT2D eigenvalue weighted by Gasteiger charge is -2.16. The van der Waals surface area contributed by atoms with E-state index in [2.05, 4.69) is 15.6 Å². The van der Waals surface area contributed by atoms with Gasteiger partial charge in [0.25, 0.3) is 0 Å². The molecule has 2 aromatic rings. The predicted molar refractivity (Wildman–Crippen MR) is 97.9 cm³/mol. The summed E-state index contributed by atoms with van der Waals surface area (Å²) in [6.07, 6.45) is 1.74. The number of aromatic hydroxyl groups is 2. The molecule has 2 aromatic carbocycles. The smallest absolute Gasteiger partial charge is 0.238 e. The van der Waals surface area contributed by atoms with Crippen molar-refractivity contribution in [3.63, 3.8) is 0 Å². The lowest BCUT2D eigenvalue weighted by molar-refractivity contribution is -0.114. The van der Waals surface area contributed by atoms with Crippen LogP contribution >= 0.6 is 0 Å². The van der Waals surface area contributed by atoms with E-state index in [-0.39, 0.29) is 24.0 Å². The van der Waals surface area contributed by atoms with E-state index in [1.165, 1.54) is 6.07 Å². The van der Waals surface area contributed by atoms with Crippen molar-refractivity contribution in [3.05, 3.63) is 36.4 Å². The van der Waals surface area contributed by atoms with Crippen LogP contribution in [0.5, 0.6) is 11.5 Å². The number of nitrogens with one attached hydrogen (secondary N) is 2. The molecule has 0 atom stereocenters. The molecule has 0 aliphatic carbocycles. The topological polar surface area (TPSA) is 123 Å². The Morgan fingerprint density at radius 2 is 1.88 bits per heavy atom. The number of carbonyl (C=O) groups excluding carboxylic acids is 1. The second-order valence-electron chi connectivity index (χ2n) is 5.53. The summed E-state index contributed by atoms with van der Waals surface area (Å²) in [6.45, 7) is 1.38. The molecule has 0 spiro atoms. The Balaban J connectivity index is 1.75. The fourth-order valence-electron chi connectivity index (χ4n) is 2.45. The number of amides is 1. The van der Waals surface area contributed by atoms with E-state index in [0.29, 0.717) is 17.1 Å². The van der Waals surface area contributed by atoms with Crippen LogP contribution < -0.4 is 21.3 Å². The van der Waals surface area contributed by atoms with Gasteiger partial charge in [0.15, 0.2) is 0 Å². The highest BCUT2D eigenvalue weighted by atomic mass is 16.3. The molecule has 25 heavy (non-hydrogen) atoms. The minimum Gasteiger partial charge on any atom is -0.506 e. The highest BCUT2D eigenvalue weighted by Gasteiger charge is 2.12. The number of aliphatic imine (C=N–C) groups is 1. The Morgan fingerprint density at radius 3 is 2.48 bits per heavy atom. The van der Waals surface area contributed by atoms with Gasteiger partial charge in [-0.1, -0.05) is 0 Å². The van der Waals surface area contributed by atoms with Gasteiger partial charge in [0.05, 0.1) is 30.8 Å². The quantitative estimate of drug-likeness (QED) is 0.526. The Bertz CT molecular complexity index is 822. The minimum atomic E-state index is -0.348. The van der Waals surface area contributed by atoms with Gasteiger partial charge < -0.3 is 31.5 Å². The molecule has 6 N–H and O–H groups in total. The van der Waals surface area contributed by atoms with Crippen LogP contribution in [0, 0.1) is 0 Å². The van der Waals surface area contributed by atoms with Crippen LogP contribution in [-0.2, 0) is 4.79 Å². The number of hydrogen-bond acceptors (Lipinski definition) is 7. The van der Waals surface area contributed by atoms with Crippen LogP contribution in [0.4, 0.5) is 22.7 Å². The zero-order valence-electron chi connectivity index (χ0n) is 13.4. The van der Waals surface area contributed by atoms with E-state index >= 15 is 0 Å². The number of nitrogens with two attached hydrogens (primary N) is 1. The van der Waals surface area contributed by atoms with Crippen molar-refractivity contribution in [3.8, 4) is 11.5 Å². The molecule has 0 saturated heterocycles. The lowest BCUT2D eigenvalue weighted by Crippen LogP contribution is -2.21. The Labute approximate surface area is 144 Å². The average molecular weight is 341 g/mol. The van der Waals surface area contributed by atoms with Crippen molar-refractivity contribution in [2.24, 2.45) is 10.7 Å². The Morgan fingerprint density at radius 1 is 1.16 bits per heavy atom. The number of carbonyl (C=O) groups is 1. The van der Waals surface area contributed by atoms with E-state index in [1.54, 1.807) is 30.6 Å². The molecule has 3 rings (SSSR count). The monoisotopic (exact) mass is 341 g/mol. The van der Waals surface area contributed by atoms with Gasteiger partial charge in [-0.3, -0.25) is 9.79 Å². The minimum absolute atomic E-state index is 0.0534.